The lowest BCUT2D eigenvalue weighted by Gasteiger charge is -2.27. The van der Waals surface area contributed by atoms with Crippen LogP contribution in [0.15, 0.2) is 24.5 Å². The molecule has 1 aromatic rings. The third-order valence-corrected chi connectivity index (χ3v) is 3.64. The molecule has 0 aromatic carbocycles. The fourth-order valence-electron chi connectivity index (χ4n) is 2.23. The summed E-state index contributed by atoms with van der Waals surface area (Å²) < 4.78 is 5.30. The van der Waals surface area contributed by atoms with E-state index in [1.54, 1.807) is 17.3 Å². The summed E-state index contributed by atoms with van der Waals surface area (Å²) in [6.07, 6.45) is 4.39. The maximum atomic E-state index is 12.0. The molecule has 2 heterocycles. The molecule has 2 amide bonds. The highest BCUT2D eigenvalue weighted by molar-refractivity contribution is 5.73. The topological polar surface area (TPSA) is 57.7 Å². The molecule has 1 aromatic heterocycles. The van der Waals surface area contributed by atoms with Crippen LogP contribution in [0.2, 0.25) is 0 Å². The van der Waals surface area contributed by atoms with Crippen molar-refractivity contribution in [1.82, 2.24) is 20.1 Å². The van der Waals surface area contributed by atoms with Crippen molar-refractivity contribution in [2.24, 2.45) is 0 Å². The molecule has 21 heavy (non-hydrogen) atoms. The van der Waals surface area contributed by atoms with Crippen molar-refractivity contribution in [2.45, 2.75) is 6.42 Å². The summed E-state index contributed by atoms with van der Waals surface area (Å²) in [4.78, 5) is 20.0. The number of aromatic nitrogens is 1. The summed E-state index contributed by atoms with van der Waals surface area (Å²) in [7, 11) is 1.82. The van der Waals surface area contributed by atoms with E-state index in [0.29, 0.717) is 13.1 Å². The smallest absolute Gasteiger partial charge is 0.317 e. The maximum Gasteiger partial charge on any atom is 0.317 e. The zero-order chi connectivity index (χ0) is 14.9. The summed E-state index contributed by atoms with van der Waals surface area (Å²) in [5.41, 5.74) is 1.19. The molecule has 1 fully saturated rings. The molecule has 0 spiro atoms. The minimum atomic E-state index is -0.0164. The first kappa shape index (κ1) is 15.7. The number of urea groups is 1. The minimum absolute atomic E-state index is 0.0164. The van der Waals surface area contributed by atoms with Gasteiger partial charge in [0.2, 0.25) is 0 Å². The van der Waals surface area contributed by atoms with Crippen LogP contribution >= 0.6 is 0 Å². The van der Waals surface area contributed by atoms with Gasteiger partial charge < -0.3 is 15.0 Å². The molecule has 1 saturated heterocycles. The van der Waals surface area contributed by atoms with Gasteiger partial charge in [0.1, 0.15) is 0 Å². The van der Waals surface area contributed by atoms with Gasteiger partial charge in [-0.1, -0.05) is 0 Å². The Balaban J connectivity index is 1.60. The summed E-state index contributed by atoms with van der Waals surface area (Å²) >= 11 is 0. The number of hydrogen-bond donors (Lipinski definition) is 1. The highest BCUT2D eigenvalue weighted by atomic mass is 16.5. The Morgan fingerprint density at radius 2 is 2.10 bits per heavy atom. The first-order valence-corrected chi connectivity index (χ1v) is 7.43. The normalized spacial score (nSPS) is 15.7. The molecule has 1 aliphatic rings. The molecule has 6 nitrogen and oxygen atoms in total. The zero-order valence-electron chi connectivity index (χ0n) is 12.6. The van der Waals surface area contributed by atoms with E-state index in [2.05, 4.69) is 15.2 Å². The molecule has 0 saturated carbocycles. The number of pyridine rings is 1. The van der Waals surface area contributed by atoms with Crippen molar-refractivity contribution in [3.8, 4) is 0 Å². The minimum Gasteiger partial charge on any atom is -0.379 e. The van der Waals surface area contributed by atoms with Crippen LogP contribution in [0.3, 0.4) is 0 Å². The number of likely N-dealkylation sites (N-methyl/N-ethyl adjacent to an activating group) is 1. The molecular weight excluding hydrogens is 268 g/mol. The van der Waals surface area contributed by atoms with Crippen molar-refractivity contribution in [3.05, 3.63) is 30.1 Å². The van der Waals surface area contributed by atoms with Gasteiger partial charge in [-0.3, -0.25) is 9.88 Å². The van der Waals surface area contributed by atoms with E-state index in [0.717, 1.165) is 39.3 Å². The van der Waals surface area contributed by atoms with Gasteiger partial charge in [-0.25, -0.2) is 4.79 Å². The van der Waals surface area contributed by atoms with E-state index >= 15 is 0 Å². The molecule has 1 aliphatic heterocycles. The van der Waals surface area contributed by atoms with E-state index < -0.39 is 0 Å². The van der Waals surface area contributed by atoms with Crippen molar-refractivity contribution < 1.29 is 9.53 Å². The molecule has 0 aliphatic carbocycles. The summed E-state index contributed by atoms with van der Waals surface area (Å²) in [6.45, 7) is 5.75. The summed E-state index contributed by atoms with van der Waals surface area (Å²) in [6, 6.07) is 3.94. The Labute approximate surface area is 126 Å². The van der Waals surface area contributed by atoms with Crippen LogP contribution in [-0.4, -0.2) is 73.8 Å². The van der Waals surface area contributed by atoms with E-state index in [1.807, 2.05) is 19.2 Å². The predicted molar refractivity (Wildman–Crippen MR) is 81.2 cm³/mol. The van der Waals surface area contributed by atoms with Gasteiger partial charge in [0.25, 0.3) is 0 Å². The molecule has 6 heteroatoms. The van der Waals surface area contributed by atoms with Gasteiger partial charge in [-0.05, 0) is 24.1 Å². The Morgan fingerprint density at radius 3 is 2.81 bits per heavy atom. The van der Waals surface area contributed by atoms with Crippen LogP contribution in [-0.2, 0) is 11.2 Å². The molecule has 0 unspecified atom stereocenters. The average molecular weight is 292 g/mol. The lowest BCUT2D eigenvalue weighted by molar-refractivity contribution is 0.0386. The third kappa shape index (κ3) is 5.69. The van der Waals surface area contributed by atoms with Gasteiger partial charge in [0.15, 0.2) is 0 Å². The van der Waals surface area contributed by atoms with E-state index in [-0.39, 0.29) is 6.03 Å². The summed E-state index contributed by atoms with van der Waals surface area (Å²) in [5, 5.41) is 2.96. The molecule has 116 valence electrons. The second kappa shape index (κ2) is 8.59. The van der Waals surface area contributed by atoms with Crippen LogP contribution in [0.1, 0.15) is 5.56 Å². The maximum absolute atomic E-state index is 12.0. The number of nitrogens with zero attached hydrogens (tertiary/aromatic N) is 3. The molecule has 0 atom stereocenters. The summed E-state index contributed by atoms with van der Waals surface area (Å²) in [5.74, 6) is 0. The van der Waals surface area contributed by atoms with Crippen LogP contribution in [0.5, 0.6) is 0 Å². The number of rotatable bonds is 6. The molecule has 0 bridgehead atoms. The van der Waals surface area contributed by atoms with Gasteiger partial charge in [-0.2, -0.15) is 0 Å². The van der Waals surface area contributed by atoms with Gasteiger partial charge in [0, 0.05) is 52.2 Å². The molecule has 1 N–H and O–H groups in total. The van der Waals surface area contributed by atoms with Crippen molar-refractivity contribution in [3.63, 3.8) is 0 Å². The van der Waals surface area contributed by atoms with Crippen LogP contribution in [0, 0.1) is 0 Å². The number of nitrogens with one attached hydrogen (secondary N) is 1. The van der Waals surface area contributed by atoms with E-state index in [1.165, 1.54) is 5.56 Å². The fraction of sp³-hybridized carbons (Fsp3) is 0.600. The Hall–Kier alpha value is -1.66. The molecular formula is C15H24N4O2. The highest BCUT2D eigenvalue weighted by Crippen LogP contribution is 1.99. The predicted octanol–water partition coefficient (Wildman–Crippen LogP) is 0.598. The van der Waals surface area contributed by atoms with E-state index in [4.69, 9.17) is 4.74 Å². The second-order valence-corrected chi connectivity index (χ2v) is 5.21. The number of amides is 2. The number of hydrogen-bond acceptors (Lipinski definition) is 4. The zero-order valence-corrected chi connectivity index (χ0v) is 12.6. The Bertz CT molecular complexity index is 421. The van der Waals surface area contributed by atoms with Gasteiger partial charge in [0.05, 0.1) is 13.2 Å². The van der Waals surface area contributed by atoms with Crippen LogP contribution < -0.4 is 5.32 Å². The van der Waals surface area contributed by atoms with Crippen LogP contribution in [0.4, 0.5) is 4.79 Å². The Morgan fingerprint density at radius 1 is 1.38 bits per heavy atom. The average Bonchev–Trinajstić information content (AvgIpc) is 2.54. The first-order valence-electron chi connectivity index (χ1n) is 7.43. The van der Waals surface area contributed by atoms with Crippen LogP contribution in [0.25, 0.3) is 0 Å². The monoisotopic (exact) mass is 292 g/mol. The van der Waals surface area contributed by atoms with E-state index in [9.17, 15) is 4.79 Å². The SMILES string of the molecule is CN(CCc1ccncc1)C(=O)NCCN1CCOCC1. The Kier molecular flexibility index (Phi) is 6.43. The second-order valence-electron chi connectivity index (χ2n) is 5.21. The van der Waals surface area contributed by atoms with Crippen molar-refractivity contribution in [2.75, 3.05) is 53.0 Å². The largest absolute Gasteiger partial charge is 0.379 e. The fourth-order valence-corrected chi connectivity index (χ4v) is 2.23. The third-order valence-electron chi connectivity index (χ3n) is 3.64. The van der Waals surface area contributed by atoms with Gasteiger partial charge >= 0.3 is 6.03 Å². The standard InChI is InChI=1S/C15H24N4O2/c1-18(8-4-14-2-5-16-6-3-14)15(20)17-7-9-19-10-12-21-13-11-19/h2-3,5-6H,4,7-13H2,1H3,(H,17,20). The highest BCUT2D eigenvalue weighted by Gasteiger charge is 2.11. The number of carbonyl (C=O) groups excluding carboxylic acids is 1. The molecule has 0 radical (unpaired) electrons. The number of ether oxygens (including phenoxy) is 1. The van der Waals surface area contributed by atoms with Gasteiger partial charge in [-0.15, -0.1) is 0 Å². The molecule has 2 rings (SSSR count). The quantitative estimate of drug-likeness (QED) is 0.834. The lowest BCUT2D eigenvalue weighted by atomic mass is 10.2. The lowest BCUT2D eigenvalue weighted by Crippen LogP contribution is -2.44. The number of carbonyl (C=O) groups is 1. The number of morpholine rings is 1. The first-order chi connectivity index (χ1) is 10.3. The van der Waals surface area contributed by atoms with Crippen molar-refractivity contribution >= 4 is 6.03 Å². The van der Waals surface area contributed by atoms with Crippen molar-refractivity contribution in [1.29, 1.82) is 0 Å².